The molecule has 2 aliphatic rings. The van der Waals surface area contributed by atoms with E-state index in [9.17, 15) is 4.79 Å². The van der Waals surface area contributed by atoms with Crippen LogP contribution in [-0.2, 0) is 9.53 Å². The first-order valence-corrected chi connectivity index (χ1v) is 6.08. The number of methoxy groups -OCH3 is 1. The van der Waals surface area contributed by atoms with Gasteiger partial charge in [0.25, 0.3) is 5.91 Å². The van der Waals surface area contributed by atoms with E-state index in [0.717, 1.165) is 0 Å². The van der Waals surface area contributed by atoms with Gasteiger partial charge in [-0.25, -0.2) is 0 Å². The molecule has 92 valence electrons. The molecule has 2 fully saturated rings. The van der Waals surface area contributed by atoms with Gasteiger partial charge < -0.3 is 15.4 Å². The maximum atomic E-state index is 12.2. The Morgan fingerprint density at radius 1 is 1.56 bits per heavy atom. The topological polar surface area (TPSA) is 55.6 Å². The van der Waals surface area contributed by atoms with Crippen LogP contribution in [0.3, 0.4) is 0 Å². The van der Waals surface area contributed by atoms with Gasteiger partial charge in [0.1, 0.15) is 5.60 Å². The summed E-state index contributed by atoms with van der Waals surface area (Å²) in [5.41, 5.74) is 5.45. The van der Waals surface area contributed by atoms with Crippen LogP contribution in [0.5, 0.6) is 0 Å². The molecule has 1 atom stereocenters. The van der Waals surface area contributed by atoms with Gasteiger partial charge in [-0.2, -0.15) is 0 Å². The number of nitrogens with zero attached hydrogens (tertiary/aromatic N) is 1. The van der Waals surface area contributed by atoms with E-state index < -0.39 is 5.60 Å². The van der Waals surface area contributed by atoms with E-state index in [1.165, 1.54) is 12.8 Å². The summed E-state index contributed by atoms with van der Waals surface area (Å²) in [4.78, 5) is 14.0. The predicted molar refractivity (Wildman–Crippen MR) is 61.9 cm³/mol. The number of rotatable bonds is 4. The first kappa shape index (κ1) is 11.9. The Morgan fingerprint density at radius 3 is 2.50 bits per heavy atom. The number of ether oxygens (including phenoxy) is 1. The summed E-state index contributed by atoms with van der Waals surface area (Å²) >= 11 is 0. The lowest BCUT2D eigenvalue weighted by Gasteiger charge is -2.50. The number of carbonyl (C=O) groups is 1. The minimum Gasteiger partial charge on any atom is -0.369 e. The van der Waals surface area contributed by atoms with E-state index in [1.807, 2.05) is 18.7 Å². The molecule has 0 spiro atoms. The molecule has 2 N–H and O–H groups in total. The van der Waals surface area contributed by atoms with E-state index in [-0.39, 0.29) is 11.4 Å². The molecule has 4 heteroatoms. The Hall–Kier alpha value is -0.610. The van der Waals surface area contributed by atoms with Crippen molar-refractivity contribution < 1.29 is 9.53 Å². The second kappa shape index (κ2) is 3.70. The molecule has 16 heavy (non-hydrogen) atoms. The highest BCUT2D eigenvalue weighted by atomic mass is 16.5. The molecule has 0 radical (unpaired) electrons. The van der Waals surface area contributed by atoms with Crippen molar-refractivity contribution in [1.29, 1.82) is 0 Å². The number of likely N-dealkylation sites (tertiary alicyclic amines) is 1. The minimum atomic E-state index is -0.676. The molecule has 2 rings (SSSR count). The highest BCUT2D eigenvalue weighted by Crippen LogP contribution is 2.43. The van der Waals surface area contributed by atoms with Crippen LogP contribution < -0.4 is 5.73 Å². The van der Waals surface area contributed by atoms with E-state index in [2.05, 4.69) is 0 Å². The number of hydrogen-bond acceptors (Lipinski definition) is 3. The van der Waals surface area contributed by atoms with Gasteiger partial charge in [-0.15, -0.1) is 0 Å². The molecular formula is C12H22N2O2. The van der Waals surface area contributed by atoms with Crippen molar-refractivity contribution in [2.45, 2.75) is 44.2 Å². The number of nitrogens with two attached hydrogens (primary N) is 1. The van der Waals surface area contributed by atoms with Crippen molar-refractivity contribution in [2.24, 2.45) is 11.7 Å². The molecule has 1 aliphatic heterocycles. The van der Waals surface area contributed by atoms with Gasteiger partial charge in [0, 0.05) is 20.2 Å². The van der Waals surface area contributed by atoms with Gasteiger partial charge in [0.15, 0.2) is 0 Å². The molecule has 1 aliphatic carbocycles. The Kier molecular flexibility index (Phi) is 2.75. The van der Waals surface area contributed by atoms with E-state index in [4.69, 9.17) is 10.5 Å². The molecule has 0 bridgehead atoms. The molecular weight excluding hydrogens is 204 g/mol. The average molecular weight is 226 g/mol. The zero-order valence-corrected chi connectivity index (χ0v) is 10.5. The maximum Gasteiger partial charge on any atom is 0.254 e. The fourth-order valence-electron chi connectivity index (χ4n) is 2.44. The van der Waals surface area contributed by atoms with Crippen LogP contribution in [0.15, 0.2) is 0 Å². The zero-order chi connectivity index (χ0) is 12.0. The third-order valence-electron chi connectivity index (χ3n) is 4.23. The molecule has 1 saturated heterocycles. The second-order valence-corrected chi connectivity index (χ2v) is 5.46. The number of amides is 1. The second-order valence-electron chi connectivity index (χ2n) is 5.46. The molecule has 1 unspecified atom stereocenters. The summed E-state index contributed by atoms with van der Waals surface area (Å²) in [7, 11) is 1.60. The van der Waals surface area contributed by atoms with Crippen LogP contribution in [-0.4, -0.2) is 42.1 Å². The summed E-state index contributed by atoms with van der Waals surface area (Å²) in [6.45, 7) is 5.23. The maximum absolute atomic E-state index is 12.2. The Balaban J connectivity index is 1.93. The molecule has 0 aromatic carbocycles. The highest BCUT2D eigenvalue weighted by molar-refractivity contribution is 5.85. The molecule has 1 heterocycles. The number of hydrogen-bond donors (Lipinski definition) is 1. The van der Waals surface area contributed by atoms with Gasteiger partial charge in [-0.1, -0.05) is 6.92 Å². The van der Waals surface area contributed by atoms with Crippen molar-refractivity contribution >= 4 is 5.91 Å². The van der Waals surface area contributed by atoms with Crippen molar-refractivity contribution in [2.75, 3.05) is 20.2 Å². The monoisotopic (exact) mass is 226 g/mol. The lowest BCUT2D eigenvalue weighted by molar-refractivity contribution is -0.161. The van der Waals surface area contributed by atoms with Gasteiger partial charge in [-0.3, -0.25) is 4.79 Å². The molecule has 1 saturated carbocycles. The van der Waals surface area contributed by atoms with Crippen LogP contribution in [0.1, 0.15) is 33.1 Å². The third kappa shape index (κ3) is 1.74. The van der Waals surface area contributed by atoms with Crippen LogP contribution in [0.2, 0.25) is 0 Å². The van der Waals surface area contributed by atoms with Crippen LogP contribution in [0.25, 0.3) is 0 Å². The quantitative estimate of drug-likeness (QED) is 0.769. The lowest BCUT2D eigenvalue weighted by atomic mass is 9.84. The Morgan fingerprint density at radius 2 is 2.12 bits per heavy atom. The van der Waals surface area contributed by atoms with Crippen LogP contribution in [0.4, 0.5) is 0 Å². The summed E-state index contributed by atoms with van der Waals surface area (Å²) in [5.74, 6) is 0.728. The van der Waals surface area contributed by atoms with E-state index in [1.54, 1.807) is 7.11 Å². The summed E-state index contributed by atoms with van der Waals surface area (Å²) < 4.78 is 5.32. The number of carbonyl (C=O) groups excluding carboxylic acids is 1. The summed E-state index contributed by atoms with van der Waals surface area (Å²) in [5, 5.41) is 0. The largest absolute Gasteiger partial charge is 0.369 e. The SMILES string of the molecule is CCC(C)(OC)C(=O)N1CC(N)(C2CC2)C1. The fourth-order valence-corrected chi connectivity index (χ4v) is 2.44. The summed E-state index contributed by atoms with van der Waals surface area (Å²) in [6.07, 6.45) is 3.15. The molecule has 0 aromatic heterocycles. The highest BCUT2D eigenvalue weighted by Gasteiger charge is 2.53. The Bertz CT molecular complexity index is 289. The van der Waals surface area contributed by atoms with Crippen molar-refractivity contribution in [3.8, 4) is 0 Å². The Labute approximate surface area is 97.1 Å². The minimum absolute atomic E-state index is 0.0826. The van der Waals surface area contributed by atoms with Crippen molar-refractivity contribution in [3.05, 3.63) is 0 Å². The van der Waals surface area contributed by atoms with Gasteiger partial charge in [-0.05, 0) is 32.1 Å². The van der Waals surface area contributed by atoms with Crippen molar-refractivity contribution in [3.63, 3.8) is 0 Å². The normalized spacial score (nSPS) is 27.1. The predicted octanol–water partition coefficient (Wildman–Crippen LogP) is 0.751. The summed E-state index contributed by atoms with van der Waals surface area (Å²) in [6, 6.07) is 0. The molecule has 4 nitrogen and oxygen atoms in total. The first-order chi connectivity index (χ1) is 7.45. The molecule has 0 aromatic rings. The smallest absolute Gasteiger partial charge is 0.254 e. The van der Waals surface area contributed by atoms with Crippen molar-refractivity contribution in [1.82, 2.24) is 4.90 Å². The van der Waals surface area contributed by atoms with Crippen LogP contribution >= 0.6 is 0 Å². The third-order valence-corrected chi connectivity index (χ3v) is 4.23. The zero-order valence-electron chi connectivity index (χ0n) is 10.5. The van der Waals surface area contributed by atoms with E-state index in [0.29, 0.717) is 25.4 Å². The van der Waals surface area contributed by atoms with Gasteiger partial charge in [0.2, 0.25) is 0 Å². The van der Waals surface area contributed by atoms with Crippen LogP contribution in [0, 0.1) is 5.92 Å². The first-order valence-electron chi connectivity index (χ1n) is 6.08. The van der Waals surface area contributed by atoms with Gasteiger partial charge >= 0.3 is 0 Å². The van der Waals surface area contributed by atoms with Gasteiger partial charge in [0.05, 0.1) is 5.54 Å². The molecule has 1 amide bonds. The fraction of sp³-hybridized carbons (Fsp3) is 0.917. The average Bonchev–Trinajstić information content (AvgIpc) is 3.06. The lowest BCUT2D eigenvalue weighted by Crippen LogP contribution is -2.72. The standard InChI is InChI=1S/C12H22N2O2/c1-4-11(2,16-3)10(15)14-7-12(13,8-14)9-5-6-9/h9H,4-8,13H2,1-3H3. The van der Waals surface area contributed by atoms with E-state index >= 15 is 0 Å².